The predicted molar refractivity (Wildman–Crippen MR) is 89.3 cm³/mol. The molecule has 3 rings (SSSR count). The SMILES string of the molecule is Cc1csc(CCn2c(C(C)Cl)nc3c(C)cccc32)n1. The Balaban J connectivity index is 1.99. The molecule has 0 bridgehead atoms. The Morgan fingerprint density at radius 2 is 2.10 bits per heavy atom. The van der Waals surface area contributed by atoms with E-state index >= 15 is 0 Å². The first-order valence-electron chi connectivity index (χ1n) is 7.07. The zero-order valence-corrected chi connectivity index (χ0v) is 14.0. The van der Waals surface area contributed by atoms with Gasteiger partial charge < -0.3 is 4.57 Å². The van der Waals surface area contributed by atoms with E-state index in [4.69, 9.17) is 16.6 Å². The number of hydrogen-bond acceptors (Lipinski definition) is 3. The van der Waals surface area contributed by atoms with Gasteiger partial charge in [0, 0.05) is 24.0 Å². The summed E-state index contributed by atoms with van der Waals surface area (Å²) in [5, 5.41) is 3.15. The molecule has 0 aliphatic carbocycles. The highest BCUT2D eigenvalue weighted by molar-refractivity contribution is 7.09. The van der Waals surface area contributed by atoms with Crippen molar-refractivity contribution < 1.29 is 0 Å². The lowest BCUT2D eigenvalue weighted by Gasteiger charge is -2.09. The summed E-state index contributed by atoms with van der Waals surface area (Å²) in [5.41, 5.74) is 4.49. The second-order valence-corrected chi connectivity index (χ2v) is 6.91. The second kappa shape index (κ2) is 5.78. The second-order valence-electron chi connectivity index (χ2n) is 5.31. The summed E-state index contributed by atoms with van der Waals surface area (Å²) in [7, 11) is 0. The molecule has 0 saturated carbocycles. The number of aryl methyl sites for hydroxylation is 4. The summed E-state index contributed by atoms with van der Waals surface area (Å²) in [5.74, 6) is 0.939. The van der Waals surface area contributed by atoms with Crippen LogP contribution in [0.5, 0.6) is 0 Å². The molecule has 0 aliphatic heterocycles. The van der Waals surface area contributed by atoms with E-state index < -0.39 is 0 Å². The standard InChI is InChI=1S/C16H18ClN3S/c1-10-5-4-6-13-15(10)19-16(12(3)17)20(13)8-7-14-18-11(2)9-21-14/h4-6,9,12H,7-8H2,1-3H3. The number of halogens is 1. The molecule has 2 aromatic heterocycles. The molecule has 21 heavy (non-hydrogen) atoms. The fourth-order valence-corrected chi connectivity index (χ4v) is 3.50. The highest BCUT2D eigenvalue weighted by Crippen LogP contribution is 2.26. The van der Waals surface area contributed by atoms with Crippen LogP contribution in [0.1, 0.15) is 34.4 Å². The van der Waals surface area contributed by atoms with Crippen molar-refractivity contribution in [2.24, 2.45) is 0 Å². The first-order chi connectivity index (χ1) is 10.1. The van der Waals surface area contributed by atoms with Crippen LogP contribution in [0.3, 0.4) is 0 Å². The van der Waals surface area contributed by atoms with Crippen LogP contribution in [-0.4, -0.2) is 14.5 Å². The number of benzene rings is 1. The molecule has 3 nitrogen and oxygen atoms in total. The van der Waals surface area contributed by atoms with Crippen molar-refractivity contribution in [2.45, 2.75) is 39.1 Å². The van der Waals surface area contributed by atoms with Crippen LogP contribution in [-0.2, 0) is 13.0 Å². The quantitative estimate of drug-likeness (QED) is 0.655. The molecule has 0 saturated heterocycles. The number of hydrogen-bond donors (Lipinski definition) is 0. The van der Waals surface area contributed by atoms with E-state index in [2.05, 4.69) is 40.1 Å². The zero-order valence-electron chi connectivity index (χ0n) is 12.4. The normalized spacial score (nSPS) is 13.0. The lowest BCUT2D eigenvalue weighted by Crippen LogP contribution is -2.06. The van der Waals surface area contributed by atoms with E-state index in [1.807, 2.05) is 13.8 Å². The van der Waals surface area contributed by atoms with Crippen molar-refractivity contribution in [3.05, 3.63) is 45.7 Å². The van der Waals surface area contributed by atoms with Gasteiger partial charge in [-0.15, -0.1) is 22.9 Å². The minimum Gasteiger partial charge on any atom is -0.326 e. The molecule has 2 heterocycles. The highest BCUT2D eigenvalue weighted by Gasteiger charge is 2.16. The van der Waals surface area contributed by atoms with Gasteiger partial charge in [0.15, 0.2) is 0 Å². The van der Waals surface area contributed by atoms with Gasteiger partial charge in [0.1, 0.15) is 5.82 Å². The fourth-order valence-electron chi connectivity index (χ4n) is 2.57. The lowest BCUT2D eigenvalue weighted by atomic mass is 10.2. The molecular formula is C16H18ClN3S. The summed E-state index contributed by atoms with van der Waals surface area (Å²) in [4.78, 5) is 9.28. The van der Waals surface area contributed by atoms with Gasteiger partial charge in [-0.25, -0.2) is 9.97 Å². The smallest absolute Gasteiger partial charge is 0.127 e. The Bertz CT molecular complexity index is 773. The van der Waals surface area contributed by atoms with E-state index in [0.29, 0.717) is 0 Å². The molecule has 5 heteroatoms. The van der Waals surface area contributed by atoms with E-state index in [1.54, 1.807) is 11.3 Å². The Morgan fingerprint density at radius 1 is 1.29 bits per heavy atom. The van der Waals surface area contributed by atoms with E-state index in [0.717, 1.165) is 40.5 Å². The van der Waals surface area contributed by atoms with Crippen molar-refractivity contribution in [3.63, 3.8) is 0 Å². The van der Waals surface area contributed by atoms with Gasteiger partial charge in [-0.2, -0.15) is 0 Å². The van der Waals surface area contributed by atoms with Crippen LogP contribution in [0.25, 0.3) is 11.0 Å². The highest BCUT2D eigenvalue weighted by atomic mass is 35.5. The van der Waals surface area contributed by atoms with Crippen molar-refractivity contribution in [1.29, 1.82) is 0 Å². The number of para-hydroxylation sites is 1. The molecule has 0 N–H and O–H groups in total. The van der Waals surface area contributed by atoms with Crippen LogP contribution in [0.15, 0.2) is 23.6 Å². The average Bonchev–Trinajstić information content (AvgIpc) is 3.01. The van der Waals surface area contributed by atoms with Crippen LogP contribution >= 0.6 is 22.9 Å². The Morgan fingerprint density at radius 3 is 2.76 bits per heavy atom. The van der Waals surface area contributed by atoms with Gasteiger partial charge in [0.05, 0.1) is 21.4 Å². The maximum atomic E-state index is 6.32. The summed E-state index contributed by atoms with van der Waals surface area (Å²) in [6, 6.07) is 6.28. The summed E-state index contributed by atoms with van der Waals surface area (Å²) in [6.07, 6.45) is 0.911. The molecule has 0 radical (unpaired) electrons. The number of rotatable bonds is 4. The van der Waals surface area contributed by atoms with E-state index in [-0.39, 0.29) is 5.38 Å². The van der Waals surface area contributed by atoms with Crippen molar-refractivity contribution in [3.8, 4) is 0 Å². The van der Waals surface area contributed by atoms with E-state index in [9.17, 15) is 0 Å². The lowest BCUT2D eigenvalue weighted by molar-refractivity contribution is 0.666. The Kier molecular flexibility index (Phi) is 4.00. The molecule has 1 unspecified atom stereocenters. The van der Waals surface area contributed by atoms with Gasteiger partial charge in [-0.3, -0.25) is 0 Å². The molecule has 3 aromatic rings. The number of thiazole rings is 1. The third kappa shape index (κ3) is 2.83. The molecule has 0 fully saturated rings. The van der Waals surface area contributed by atoms with Crippen LogP contribution in [0.4, 0.5) is 0 Å². The monoisotopic (exact) mass is 319 g/mol. The van der Waals surface area contributed by atoms with Gasteiger partial charge in [0.2, 0.25) is 0 Å². The van der Waals surface area contributed by atoms with Crippen molar-refractivity contribution in [1.82, 2.24) is 14.5 Å². The Hall–Kier alpha value is -1.39. The molecular weight excluding hydrogens is 302 g/mol. The molecule has 110 valence electrons. The van der Waals surface area contributed by atoms with Crippen LogP contribution < -0.4 is 0 Å². The minimum atomic E-state index is -0.102. The maximum Gasteiger partial charge on any atom is 0.127 e. The Labute approximate surface area is 133 Å². The summed E-state index contributed by atoms with van der Waals surface area (Å²) in [6.45, 7) is 6.95. The van der Waals surface area contributed by atoms with Crippen LogP contribution in [0.2, 0.25) is 0 Å². The molecule has 0 amide bonds. The van der Waals surface area contributed by atoms with Gasteiger partial charge >= 0.3 is 0 Å². The third-order valence-corrected chi connectivity index (χ3v) is 4.80. The number of aromatic nitrogens is 3. The first kappa shape index (κ1) is 14.5. The largest absolute Gasteiger partial charge is 0.326 e. The third-order valence-electron chi connectivity index (χ3n) is 3.58. The van der Waals surface area contributed by atoms with Crippen molar-refractivity contribution >= 4 is 34.0 Å². The number of alkyl halides is 1. The van der Waals surface area contributed by atoms with Crippen LogP contribution in [0, 0.1) is 13.8 Å². The minimum absolute atomic E-state index is 0.102. The topological polar surface area (TPSA) is 30.7 Å². The van der Waals surface area contributed by atoms with Gasteiger partial charge in [-0.1, -0.05) is 12.1 Å². The van der Waals surface area contributed by atoms with Crippen molar-refractivity contribution in [2.75, 3.05) is 0 Å². The average molecular weight is 320 g/mol. The zero-order chi connectivity index (χ0) is 15.0. The predicted octanol–water partition coefficient (Wildman–Crippen LogP) is 4.65. The van der Waals surface area contributed by atoms with Gasteiger partial charge in [0.25, 0.3) is 0 Å². The number of nitrogens with zero attached hydrogens (tertiary/aromatic N) is 3. The summed E-state index contributed by atoms with van der Waals surface area (Å²) < 4.78 is 2.23. The first-order valence-corrected chi connectivity index (χ1v) is 8.38. The summed E-state index contributed by atoms with van der Waals surface area (Å²) >= 11 is 8.04. The number of imidazole rings is 1. The fraction of sp³-hybridized carbons (Fsp3) is 0.375. The molecule has 0 spiro atoms. The maximum absolute atomic E-state index is 6.32. The molecule has 0 aliphatic rings. The molecule has 1 aromatic carbocycles. The van der Waals surface area contributed by atoms with E-state index in [1.165, 1.54) is 5.56 Å². The molecule has 1 atom stereocenters. The number of fused-ring (bicyclic) bond motifs is 1. The van der Waals surface area contributed by atoms with Gasteiger partial charge in [-0.05, 0) is 32.4 Å².